The summed E-state index contributed by atoms with van der Waals surface area (Å²) in [5.41, 5.74) is 6.29. The predicted octanol–water partition coefficient (Wildman–Crippen LogP) is 0.104. The van der Waals surface area contributed by atoms with Crippen LogP contribution in [0.5, 0.6) is 0 Å². The Morgan fingerprint density at radius 1 is 1.50 bits per heavy atom. The maximum Gasteiger partial charge on any atom is 0.254 e. The summed E-state index contributed by atoms with van der Waals surface area (Å²) in [6, 6.07) is 0. The first-order valence-corrected chi connectivity index (χ1v) is 5.17. The fourth-order valence-electron chi connectivity index (χ4n) is 1.30. The monoisotopic (exact) mass is 224 g/mol. The molecule has 0 bridgehead atoms. The molecule has 1 heterocycles. The number of aryl methyl sites for hydroxylation is 1. The molecule has 4 N–H and O–H groups in total. The van der Waals surface area contributed by atoms with Crippen molar-refractivity contribution in [1.82, 2.24) is 15.5 Å². The van der Waals surface area contributed by atoms with Gasteiger partial charge in [0, 0.05) is 18.7 Å². The van der Waals surface area contributed by atoms with Crippen molar-refractivity contribution in [1.29, 1.82) is 0 Å². The van der Waals surface area contributed by atoms with E-state index in [1.165, 1.54) is 6.20 Å². The summed E-state index contributed by atoms with van der Waals surface area (Å²) in [7, 11) is 0. The van der Waals surface area contributed by atoms with E-state index < -0.39 is 0 Å². The number of unbranched alkanes of at least 4 members (excludes halogenated alkanes) is 1. The Bertz CT molecular complexity index is 373. The van der Waals surface area contributed by atoms with Crippen LogP contribution in [0.4, 0.5) is 0 Å². The zero-order valence-corrected chi connectivity index (χ0v) is 9.25. The van der Waals surface area contributed by atoms with Crippen LogP contribution in [0, 0.1) is 6.92 Å². The molecule has 88 valence electrons. The van der Waals surface area contributed by atoms with Gasteiger partial charge in [0.05, 0.1) is 11.8 Å². The summed E-state index contributed by atoms with van der Waals surface area (Å²) in [5.74, 6) is -0.456. The molecule has 0 aliphatic rings. The highest BCUT2D eigenvalue weighted by Gasteiger charge is 2.09. The zero-order valence-electron chi connectivity index (χ0n) is 9.25. The molecule has 0 aliphatic heterocycles. The van der Waals surface area contributed by atoms with Gasteiger partial charge in [0.1, 0.15) is 0 Å². The molecule has 1 rings (SSSR count). The number of carbonyl (C=O) groups is 2. The SMILES string of the molecule is Cc1[nH]ncc1C(=O)NCCCCC(N)=O. The van der Waals surface area contributed by atoms with E-state index >= 15 is 0 Å². The minimum Gasteiger partial charge on any atom is -0.370 e. The van der Waals surface area contributed by atoms with Gasteiger partial charge < -0.3 is 11.1 Å². The zero-order chi connectivity index (χ0) is 12.0. The lowest BCUT2D eigenvalue weighted by Crippen LogP contribution is -2.25. The highest BCUT2D eigenvalue weighted by molar-refractivity contribution is 5.94. The third-order valence-electron chi connectivity index (χ3n) is 2.21. The quantitative estimate of drug-likeness (QED) is 0.597. The molecule has 0 saturated carbocycles. The van der Waals surface area contributed by atoms with Gasteiger partial charge in [-0.3, -0.25) is 14.7 Å². The Kier molecular flexibility index (Phi) is 4.50. The van der Waals surface area contributed by atoms with Gasteiger partial charge in [0.25, 0.3) is 5.91 Å². The Morgan fingerprint density at radius 2 is 2.25 bits per heavy atom. The number of H-pyrrole nitrogens is 1. The fraction of sp³-hybridized carbons (Fsp3) is 0.500. The second-order valence-electron chi connectivity index (χ2n) is 3.59. The first-order valence-electron chi connectivity index (χ1n) is 5.17. The predicted molar refractivity (Wildman–Crippen MR) is 58.7 cm³/mol. The van der Waals surface area contributed by atoms with Crippen molar-refractivity contribution in [3.8, 4) is 0 Å². The van der Waals surface area contributed by atoms with E-state index in [0.29, 0.717) is 24.9 Å². The number of carbonyl (C=O) groups excluding carboxylic acids is 2. The largest absolute Gasteiger partial charge is 0.370 e. The number of aromatic amines is 1. The van der Waals surface area contributed by atoms with Crippen LogP contribution in [-0.4, -0.2) is 28.6 Å². The number of nitrogens with one attached hydrogen (secondary N) is 2. The third-order valence-corrected chi connectivity index (χ3v) is 2.21. The van der Waals surface area contributed by atoms with Crippen molar-refractivity contribution in [2.75, 3.05) is 6.54 Å². The molecule has 6 nitrogen and oxygen atoms in total. The van der Waals surface area contributed by atoms with E-state index in [2.05, 4.69) is 15.5 Å². The lowest BCUT2D eigenvalue weighted by Gasteiger charge is -2.03. The highest BCUT2D eigenvalue weighted by Crippen LogP contribution is 2.02. The highest BCUT2D eigenvalue weighted by atomic mass is 16.2. The van der Waals surface area contributed by atoms with Crippen molar-refractivity contribution < 1.29 is 9.59 Å². The van der Waals surface area contributed by atoms with E-state index in [1.807, 2.05) is 0 Å². The van der Waals surface area contributed by atoms with E-state index in [9.17, 15) is 9.59 Å². The van der Waals surface area contributed by atoms with Gasteiger partial charge >= 0.3 is 0 Å². The molecule has 0 unspecified atom stereocenters. The van der Waals surface area contributed by atoms with Crippen molar-refractivity contribution in [3.05, 3.63) is 17.5 Å². The molecular formula is C10H16N4O2. The van der Waals surface area contributed by atoms with Crippen molar-refractivity contribution in [2.45, 2.75) is 26.2 Å². The molecule has 0 aliphatic carbocycles. The Hall–Kier alpha value is -1.85. The second-order valence-corrected chi connectivity index (χ2v) is 3.59. The first-order chi connectivity index (χ1) is 7.61. The molecule has 0 spiro atoms. The van der Waals surface area contributed by atoms with Crippen molar-refractivity contribution >= 4 is 11.8 Å². The molecular weight excluding hydrogens is 208 g/mol. The average molecular weight is 224 g/mol. The first kappa shape index (κ1) is 12.2. The number of hydrogen-bond donors (Lipinski definition) is 3. The molecule has 2 amide bonds. The Morgan fingerprint density at radius 3 is 2.81 bits per heavy atom. The van der Waals surface area contributed by atoms with Gasteiger partial charge in [0.2, 0.25) is 5.91 Å². The summed E-state index contributed by atoms with van der Waals surface area (Å²) in [6.45, 7) is 2.33. The second kappa shape index (κ2) is 5.89. The van der Waals surface area contributed by atoms with E-state index in [-0.39, 0.29) is 11.8 Å². The number of nitrogens with zero attached hydrogens (tertiary/aromatic N) is 1. The van der Waals surface area contributed by atoms with Crippen LogP contribution in [0.3, 0.4) is 0 Å². The van der Waals surface area contributed by atoms with Crippen LogP contribution in [0.15, 0.2) is 6.20 Å². The van der Waals surface area contributed by atoms with Gasteiger partial charge in [-0.15, -0.1) is 0 Å². The van der Waals surface area contributed by atoms with E-state index in [1.54, 1.807) is 6.92 Å². The number of amides is 2. The number of primary amides is 1. The van der Waals surface area contributed by atoms with Crippen LogP contribution in [-0.2, 0) is 4.79 Å². The normalized spacial score (nSPS) is 10.1. The fourth-order valence-corrected chi connectivity index (χ4v) is 1.30. The van der Waals surface area contributed by atoms with Gasteiger partial charge in [-0.05, 0) is 19.8 Å². The van der Waals surface area contributed by atoms with Gasteiger partial charge in [0.15, 0.2) is 0 Å². The Labute approximate surface area is 93.6 Å². The van der Waals surface area contributed by atoms with Gasteiger partial charge in [-0.1, -0.05) is 0 Å². The number of nitrogens with two attached hydrogens (primary N) is 1. The lowest BCUT2D eigenvalue weighted by atomic mass is 10.2. The number of rotatable bonds is 6. The smallest absolute Gasteiger partial charge is 0.254 e. The minimum atomic E-state index is -0.308. The molecule has 0 aromatic carbocycles. The topological polar surface area (TPSA) is 101 Å². The average Bonchev–Trinajstić information content (AvgIpc) is 2.63. The Balaban J connectivity index is 2.21. The van der Waals surface area contributed by atoms with E-state index in [4.69, 9.17) is 5.73 Å². The minimum absolute atomic E-state index is 0.148. The van der Waals surface area contributed by atoms with Crippen LogP contribution in [0.2, 0.25) is 0 Å². The lowest BCUT2D eigenvalue weighted by molar-refractivity contribution is -0.118. The molecule has 0 saturated heterocycles. The van der Waals surface area contributed by atoms with Gasteiger partial charge in [-0.2, -0.15) is 5.10 Å². The van der Waals surface area contributed by atoms with Crippen molar-refractivity contribution in [3.63, 3.8) is 0 Å². The maximum absolute atomic E-state index is 11.6. The van der Waals surface area contributed by atoms with Crippen LogP contribution < -0.4 is 11.1 Å². The molecule has 0 atom stereocenters. The summed E-state index contributed by atoms with van der Waals surface area (Å²) < 4.78 is 0. The van der Waals surface area contributed by atoms with Crippen LogP contribution >= 0.6 is 0 Å². The van der Waals surface area contributed by atoms with Crippen LogP contribution in [0.25, 0.3) is 0 Å². The summed E-state index contributed by atoms with van der Waals surface area (Å²) in [6.07, 6.45) is 3.29. The third kappa shape index (κ3) is 3.72. The molecule has 0 fully saturated rings. The van der Waals surface area contributed by atoms with E-state index in [0.717, 1.165) is 12.1 Å². The molecule has 16 heavy (non-hydrogen) atoms. The molecule has 6 heteroatoms. The molecule has 1 aromatic rings. The van der Waals surface area contributed by atoms with Crippen LogP contribution in [0.1, 0.15) is 35.3 Å². The number of aromatic nitrogens is 2. The standard InChI is InChI=1S/C10H16N4O2/c1-7-8(6-13-14-7)10(16)12-5-3-2-4-9(11)15/h6H,2-5H2,1H3,(H2,11,15)(H,12,16)(H,13,14). The van der Waals surface area contributed by atoms with Crippen molar-refractivity contribution in [2.24, 2.45) is 5.73 Å². The number of hydrogen-bond acceptors (Lipinski definition) is 3. The molecule has 0 radical (unpaired) electrons. The molecule has 1 aromatic heterocycles. The summed E-state index contributed by atoms with van der Waals surface area (Å²) in [5, 5.41) is 9.21. The van der Waals surface area contributed by atoms with Gasteiger partial charge in [-0.25, -0.2) is 0 Å². The summed E-state index contributed by atoms with van der Waals surface area (Å²) >= 11 is 0. The summed E-state index contributed by atoms with van der Waals surface area (Å²) in [4.78, 5) is 22.0. The maximum atomic E-state index is 11.6.